The van der Waals surface area contributed by atoms with Crippen molar-refractivity contribution < 1.29 is 0 Å². The van der Waals surface area contributed by atoms with E-state index in [1.165, 1.54) is 0 Å². The Morgan fingerprint density at radius 3 is 2.38 bits per heavy atom. The van der Waals surface area contributed by atoms with Gasteiger partial charge in [0.25, 0.3) is 0 Å². The summed E-state index contributed by atoms with van der Waals surface area (Å²) in [5, 5.41) is 3.08. The van der Waals surface area contributed by atoms with Gasteiger partial charge in [0.1, 0.15) is 0 Å². The highest BCUT2D eigenvalue weighted by molar-refractivity contribution is 5.07. The molecule has 0 unspecified atom stereocenters. The lowest BCUT2D eigenvalue weighted by Gasteiger charge is -2.12. The van der Waals surface area contributed by atoms with E-state index in [0.29, 0.717) is 5.92 Å². The molecule has 0 rings (SSSR count). The summed E-state index contributed by atoms with van der Waals surface area (Å²) < 4.78 is 0. The number of hydrogen-bond donors (Lipinski definition) is 1. The molecule has 1 N–H and O–H groups in total. The molecule has 0 spiro atoms. The maximum Gasteiger partial charge on any atom is 0.00342 e. The minimum absolute atomic E-state index is 0.671. The SMILES string of the molecule is C=C(CC/C(=C\CC)C(C)C)NC. The average molecular weight is 181 g/mol. The van der Waals surface area contributed by atoms with Gasteiger partial charge in [-0.05, 0) is 25.2 Å². The van der Waals surface area contributed by atoms with Crippen molar-refractivity contribution >= 4 is 0 Å². The van der Waals surface area contributed by atoms with Gasteiger partial charge in [-0.15, -0.1) is 0 Å². The fourth-order valence-electron chi connectivity index (χ4n) is 1.31. The van der Waals surface area contributed by atoms with Crippen LogP contribution in [0.1, 0.15) is 40.0 Å². The topological polar surface area (TPSA) is 12.0 Å². The van der Waals surface area contributed by atoms with E-state index in [9.17, 15) is 0 Å². The van der Waals surface area contributed by atoms with E-state index in [-0.39, 0.29) is 0 Å². The van der Waals surface area contributed by atoms with Crippen molar-refractivity contribution in [2.24, 2.45) is 5.92 Å². The average Bonchev–Trinajstić information content (AvgIpc) is 2.11. The summed E-state index contributed by atoms with van der Waals surface area (Å²) in [4.78, 5) is 0. The third kappa shape index (κ3) is 5.51. The molecule has 1 heteroatoms. The van der Waals surface area contributed by atoms with Crippen LogP contribution in [0, 0.1) is 5.92 Å². The smallest absolute Gasteiger partial charge is 0.00342 e. The highest BCUT2D eigenvalue weighted by atomic mass is 14.8. The van der Waals surface area contributed by atoms with Crippen LogP contribution in [-0.2, 0) is 0 Å². The van der Waals surface area contributed by atoms with Crippen molar-refractivity contribution in [3.8, 4) is 0 Å². The first-order valence-corrected chi connectivity index (χ1v) is 5.16. The highest BCUT2D eigenvalue weighted by Gasteiger charge is 2.02. The number of nitrogens with one attached hydrogen (secondary N) is 1. The molecular formula is C12H23N. The molecule has 0 bridgehead atoms. The monoisotopic (exact) mass is 181 g/mol. The Morgan fingerprint density at radius 1 is 1.38 bits per heavy atom. The van der Waals surface area contributed by atoms with Gasteiger partial charge in [0.15, 0.2) is 0 Å². The molecule has 76 valence electrons. The maximum absolute atomic E-state index is 3.93. The van der Waals surface area contributed by atoms with Gasteiger partial charge in [-0.3, -0.25) is 0 Å². The van der Waals surface area contributed by atoms with Gasteiger partial charge in [-0.2, -0.15) is 0 Å². The molecule has 0 aliphatic carbocycles. The van der Waals surface area contributed by atoms with Crippen LogP contribution in [0.3, 0.4) is 0 Å². The third-order valence-electron chi connectivity index (χ3n) is 2.28. The summed E-state index contributed by atoms with van der Waals surface area (Å²) in [7, 11) is 1.93. The molecular weight excluding hydrogens is 158 g/mol. The second kappa shape index (κ2) is 6.76. The summed E-state index contributed by atoms with van der Waals surface area (Å²) in [6.07, 6.45) is 5.68. The molecule has 0 atom stereocenters. The Kier molecular flexibility index (Phi) is 6.38. The Bertz CT molecular complexity index is 178. The Labute approximate surface area is 82.9 Å². The minimum Gasteiger partial charge on any atom is -0.392 e. The normalized spacial score (nSPS) is 11.9. The van der Waals surface area contributed by atoms with Crippen LogP contribution in [0.25, 0.3) is 0 Å². The molecule has 0 saturated heterocycles. The van der Waals surface area contributed by atoms with Crippen molar-refractivity contribution in [3.63, 3.8) is 0 Å². The van der Waals surface area contributed by atoms with Gasteiger partial charge >= 0.3 is 0 Å². The van der Waals surface area contributed by atoms with E-state index in [1.54, 1.807) is 5.57 Å². The second-order valence-corrected chi connectivity index (χ2v) is 3.70. The molecule has 0 fully saturated rings. The molecule has 1 nitrogen and oxygen atoms in total. The van der Waals surface area contributed by atoms with E-state index < -0.39 is 0 Å². The van der Waals surface area contributed by atoms with Crippen molar-refractivity contribution in [2.45, 2.75) is 40.0 Å². The molecule has 13 heavy (non-hydrogen) atoms. The number of hydrogen-bond acceptors (Lipinski definition) is 1. The number of rotatable bonds is 6. The molecule has 0 aromatic rings. The molecule has 0 aliphatic rings. The summed E-state index contributed by atoms with van der Waals surface area (Å²) >= 11 is 0. The zero-order valence-electron chi connectivity index (χ0n) is 9.48. The molecule has 0 aliphatic heterocycles. The van der Waals surface area contributed by atoms with Crippen LogP contribution in [0.5, 0.6) is 0 Å². The van der Waals surface area contributed by atoms with Crippen LogP contribution >= 0.6 is 0 Å². The van der Waals surface area contributed by atoms with Crippen molar-refractivity contribution in [1.82, 2.24) is 5.32 Å². The van der Waals surface area contributed by atoms with E-state index in [1.807, 2.05) is 7.05 Å². The molecule has 0 aromatic heterocycles. The lowest BCUT2D eigenvalue weighted by atomic mass is 9.97. The van der Waals surface area contributed by atoms with Gasteiger partial charge in [0.2, 0.25) is 0 Å². The lowest BCUT2D eigenvalue weighted by molar-refractivity contribution is 0.691. The Morgan fingerprint density at radius 2 is 2.00 bits per heavy atom. The van der Waals surface area contributed by atoms with E-state index in [0.717, 1.165) is 25.0 Å². The largest absolute Gasteiger partial charge is 0.392 e. The maximum atomic E-state index is 3.93. The van der Waals surface area contributed by atoms with E-state index >= 15 is 0 Å². The van der Waals surface area contributed by atoms with Gasteiger partial charge in [0.05, 0.1) is 0 Å². The van der Waals surface area contributed by atoms with Gasteiger partial charge in [-0.25, -0.2) is 0 Å². The van der Waals surface area contributed by atoms with Crippen LogP contribution in [0.15, 0.2) is 23.9 Å². The highest BCUT2D eigenvalue weighted by Crippen LogP contribution is 2.18. The summed E-state index contributed by atoms with van der Waals surface area (Å²) in [6, 6.07) is 0. The van der Waals surface area contributed by atoms with E-state index in [2.05, 4.69) is 38.7 Å². The van der Waals surface area contributed by atoms with E-state index in [4.69, 9.17) is 0 Å². The summed E-state index contributed by atoms with van der Waals surface area (Å²) in [5.74, 6) is 0.671. The van der Waals surface area contributed by atoms with Gasteiger partial charge in [-0.1, -0.05) is 39.0 Å². The molecule has 0 amide bonds. The number of allylic oxidation sites excluding steroid dienone is 3. The third-order valence-corrected chi connectivity index (χ3v) is 2.28. The predicted molar refractivity (Wildman–Crippen MR) is 60.6 cm³/mol. The quantitative estimate of drug-likeness (QED) is 0.618. The van der Waals surface area contributed by atoms with Crippen LogP contribution in [0.4, 0.5) is 0 Å². The van der Waals surface area contributed by atoms with Gasteiger partial charge in [0, 0.05) is 12.7 Å². The molecule has 0 radical (unpaired) electrons. The van der Waals surface area contributed by atoms with Crippen LogP contribution in [0.2, 0.25) is 0 Å². The first-order valence-electron chi connectivity index (χ1n) is 5.16. The predicted octanol–water partition coefficient (Wildman–Crippen LogP) is 3.49. The first-order chi connectivity index (χ1) is 6.11. The van der Waals surface area contributed by atoms with Crippen LogP contribution in [-0.4, -0.2) is 7.05 Å². The fourth-order valence-corrected chi connectivity index (χ4v) is 1.31. The fraction of sp³-hybridized carbons (Fsp3) is 0.667. The molecule has 0 saturated carbocycles. The molecule has 0 aromatic carbocycles. The lowest BCUT2D eigenvalue weighted by Crippen LogP contribution is -2.05. The molecule has 0 heterocycles. The first kappa shape index (κ1) is 12.3. The Balaban J connectivity index is 3.98. The summed E-state index contributed by atoms with van der Waals surface area (Å²) in [6.45, 7) is 10.6. The summed E-state index contributed by atoms with van der Waals surface area (Å²) in [5.41, 5.74) is 2.68. The zero-order valence-corrected chi connectivity index (χ0v) is 9.48. The van der Waals surface area contributed by atoms with Crippen molar-refractivity contribution in [2.75, 3.05) is 7.05 Å². The standard InChI is InChI=1S/C12H23N/c1-6-7-12(10(2)3)9-8-11(4)13-5/h7,10,13H,4,6,8-9H2,1-3,5H3/b12-7+. The zero-order chi connectivity index (χ0) is 10.3. The second-order valence-electron chi connectivity index (χ2n) is 3.70. The van der Waals surface area contributed by atoms with Crippen molar-refractivity contribution in [3.05, 3.63) is 23.9 Å². The Hall–Kier alpha value is -0.720. The minimum atomic E-state index is 0.671. The van der Waals surface area contributed by atoms with Gasteiger partial charge < -0.3 is 5.32 Å². The van der Waals surface area contributed by atoms with Crippen LogP contribution < -0.4 is 5.32 Å². The van der Waals surface area contributed by atoms with Crippen molar-refractivity contribution in [1.29, 1.82) is 0 Å².